The lowest BCUT2D eigenvalue weighted by molar-refractivity contribution is -0.348. The summed E-state index contributed by atoms with van der Waals surface area (Å²) in [6.07, 6.45) is -10.4. The first-order valence-corrected chi connectivity index (χ1v) is 10.2. The zero-order valence-corrected chi connectivity index (χ0v) is 17.8. The van der Waals surface area contributed by atoms with Gasteiger partial charge >= 0.3 is 18.0 Å². The van der Waals surface area contributed by atoms with Crippen LogP contribution in [0, 0.1) is 12.3 Å². The normalized spacial score (nSPS) is 14.8. The van der Waals surface area contributed by atoms with Crippen LogP contribution in [0.1, 0.15) is 57.9 Å². The van der Waals surface area contributed by atoms with E-state index in [1.807, 2.05) is 0 Å². The molecule has 3 rings (SSSR count). The summed E-state index contributed by atoms with van der Waals surface area (Å²) >= 11 is 0. The summed E-state index contributed by atoms with van der Waals surface area (Å²) in [7, 11) is 0. The standard InChI is InChI=1S/C23H21F7N2O/c1-3-13-11-16(21(24,22(25,26)27)23(28,29)30)9-12(2)19(13)32-20(33)15-7-8-17-14(10-15)5-4-6-18(17)31/h7-11,31H,3-6H2,1-2H3,(H,32,33). The molecule has 0 fully saturated rings. The molecule has 2 N–H and O–H groups in total. The number of amides is 1. The number of alkyl halides is 7. The number of carbonyl (C=O) groups excluding carboxylic acids is 1. The molecule has 0 heterocycles. The van der Waals surface area contributed by atoms with Crippen molar-refractivity contribution in [3.63, 3.8) is 0 Å². The smallest absolute Gasteiger partial charge is 0.321 e. The van der Waals surface area contributed by atoms with Crippen LogP contribution >= 0.6 is 0 Å². The summed E-state index contributed by atoms with van der Waals surface area (Å²) < 4.78 is 93.6. The van der Waals surface area contributed by atoms with Crippen molar-refractivity contribution in [3.05, 3.63) is 63.7 Å². The SMILES string of the molecule is CCc1cc(C(F)(C(F)(F)F)C(F)(F)F)cc(C)c1NC(=O)c1ccc2c(c1)CCCC2=N. The molecule has 0 unspecified atom stereocenters. The van der Waals surface area contributed by atoms with Crippen molar-refractivity contribution in [2.75, 3.05) is 5.32 Å². The molecule has 1 amide bonds. The maximum atomic E-state index is 14.5. The number of benzene rings is 2. The summed E-state index contributed by atoms with van der Waals surface area (Å²) in [5.41, 5.74) is -5.02. The molecule has 0 bridgehead atoms. The summed E-state index contributed by atoms with van der Waals surface area (Å²) in [4.78, 5) is 12.8. The van der Waals surface area contributed by atoms with Crippen molar-refractivity contribution in [1.82, 2.24) is 0 Å². The van der Waals surface area contributed by atoms with E-state index in [2.05, 4.69) is 5.32 Å². The number of fused-ring (bicyclic) bond motifs is 1. The molecular weight excluding hydrogens is 453 g/mol. The van der Waals surface area contributed by atoms with Gasteiger partial charge in [-0.1, -0.05) is 19.1 Å². The monoisotopic (exact) mass is 474 g/mol. The Labute approximate surface area is 185 Å². The minimum Gasteiger partial charge on any atom is -0.321 e. The van der Waals surface area contributed by atoms with Gasteiger partial charge in [-0.3, -0.25) is 4.79 Å². The van der Waals surface area contributed by atoms with Gasteiger partial charge in [0.25, 0.3) is 5.91 Å². The molecule has 0 saturated carbocycles. The predicted octanol–water partition coefficient (Wildman–Crippen LogP) is 6.80. The number of aryl methyl sites for hydroxylation is 3. The molecule has 1 aliphatic carbocycles. The maximum Gasteiger partial charge on any atom is 0.435 e. The van der Waals surface area contributed by atoms with Crippen molar-refractivity contribution >= 4 is 17.3 Å². The summed E-state index contributed by atoms with van der Waals surface area (Å²) in [5, 5.41) is 10.5. The van der Waals surface area contributed by atoms with Crippen LogP contribution in [0.4, 0.5) is 36.4 Å². The molecule has 2 aromatic rings. The first-order valence-electron chi connectivity index (χ1n) is 10.2. The van der Waals surface area contributed by atoms with E-state index in [4.69, 9.17) is 5.41 Å². The second-order valence-corrected chi connectivity index (χ2v) is 7.99. The van der Waals surface area contributed by atoms with Gasteiger partial charge in [0.15, 0.2) is 0 Å². The fourth-order valence-electron chi connectivity index (χ4n) is 4.02. The lowest BCUT2D eigenvalue weighted by Gasteiger charge is -2.31. The van der Waals surface area contributed by atoms with Crippen molar-refractivity contribution in [2.24, 2.45) is 0 Å². The molecule has 0 aliphatic heterocycles. The van der Waals surface area contributed by atoms with Crippen LogP contribution in [0.2, 0.25) is 0 Å². The van der Waals surface area contributed by atoms with Crippen molar-refractivity contribution < 1.29 is 35.5 Å². The van der Waals surface area contributed by atoms with Crippen LogP contribution < -0.4 is 5.32 Å². The van der Waals surface area contributed by atoms with E-state index >= 15 is 0 Å². The third-order valence-electron chi connectivity index (χ3n) is 5.78. The van der Waals surface area contributed by atoms with E-state index in [-0.39, 0.29) is 28.8 Å². The number of hydrogen-bond donors (Lipinski definition) is 2. The highest BCUT2D eigenvalue weighted by Crippen LogP contribution is 2.53. The van der Waals surface area contributed by atoms with Gasteiger partial charge in [0.2, 0.25) is 0 Å². The number of anilines is 1. The zero-order valence-electron chi connectivity index (χ0n) is 17.8. The van der Waals surface area contributed by atoms with Gasteiger partial charge in [-0.25, -0.2) is 4.39 Å². The summed E-state index contributed by atoms with van der Waals surface area (Å²) in [6.45, 7) is 2.68. The number of halogens is 7. The molecular formula is C23H21F7N2O. The number of rotatable bonds is 4. The van der Waals surface area contributed by atoms with Crippen molar-refractivity contribution in [2.45, 2.75) is 57.6 Å². The summed E-state index contributed by atoms with van der Waals surface area (Å²) in [6, 6.07) is 5.73. The van der Waals surface area contributed by atoms with E-state index in [0.717, 1.165) is 17.5 Å². The number of hydrogen-bond acceptors (Lipinski definition) is 2. The Morgan fingerprint density at radius 3 is 2.21 bits per heavy atom. The molecule has 10 heteroatoms. The quantitative estimate of drug-likeness (QED) is 0.471. The molecule has 0 atom stereocenters. The topological polar surface area (TPSA) is 53.0 Å². The van der Waals surface area contributed by atoms with Crippen LogP contribution in [0.15, 0.2) is 30.3 Å². The molecule has 33 heavy (non-hydrogen) atoms. The van der Waals surface area contributed by atoms with E-state index < -0.39 is 29.5 Å². The third-order valence-corrected chi connectivity index (χ3v) is 5.78. The average molecular weight is 474 g/mol. The molecule has 0 saturated heterocycles. The highest BCUT2D eigenvalue weighted by atomic mass is 19.4. The Bertz CT molecular complexity index is 1090. The lowest BCUT2D eigenvalue weighted by Crippen LogP contribution is -2.50. The molecule has 3 nitrogen and oxygen atoms in total. The van der Waals surface area contributed by atoms with Crippen LogP contribution in [0.3, 0.4) is 0 Å². The second kappa shape index (κ2) is 8.46. The maximum absolute atomic E-state index is 14.5. The lowest BCUT2D eigenvalue weighted by atomic mass is 9.88. The van der Waals surface area contributed by atoms with Crippen LogP contribution in [-0.4, -0.2) is 24.0 Å². The van der Waals surface area contributed by atoms with E-state index in [1.165, 1.54) is 19.9 Å². The van der Waals surface area contributed by atoms with Crippen LogP contribution in [-0.2, 0) is 18.5 Å². The molecule has 0 radical (unpaired) electrons. The van der Waals surface area contributed by atoms with Gasteiger partial charge in [0.05, 0.1) is 0 Å². The van der Waals surface area contributed by atoms with Crippen LogP contribution in [0.25, 0.3) is 0 Å². The van der Waals surface area contributed by atoms with Gasteiger partial charge in [0.1, 0.15) is 0 Å². The highest BCUT2D eigenvalue weighted by Gasteiger charge is 2.73. The average Bonchev–Trinajstić information content (AvgIpc) is 2.72. The first-order chi connectivity index (χ1) is 15.2. The van der Waals surface area contributed by atoms with Gasteiger partial charge in [-0.15, -0.1) is 0 Å². The van der Waals surface area contributed by atoms with Gasteiger partial charge in [-0.05, 0) is 73.1 Å². The molecule has 0 aromatic heterocycles. The molecule has 2 aromatic carbocycles. The third kappa shape index (κ3) is 4.35. The number of carbonyl (C=O) groups is 1. The van der Waals surface area contributed by atoms with Crippen LogP contribution in [0.5, 0.6) is 0 Å². The van der Waals surface area contributed by atoms with Gasteiger partial charge < -0.3 is 10.7 Å². The van der Waals surface area contributed by atoms with Gasteiger partial charge in [0, 0.05) is 22.5 Å². The Balaban J connectivity index is 2.00. The van der Waals surface area contributed by atoms with Crippen molar-refractivity contribution in [1.29, 1.82) is 5.41 Å². The fraction of sp³-hybridized carbons (Fsp3) is 0.391. The Kier molecular flexibility index (Phi) is 6.34. The Hall–Kier alpha value is -2.91. The second-order valence-electron chi connectivity index (χ2n) is 7.99. The largest absolute Gasteiger partial charge is 0.435 e. The van der Waals surface area contributed by atoms with Gasteiger partial charge in [-0.2, -0.15) is 26.3 Å². The predicted molar refractivity (Wildman–Crippen MR) is 110 cm³/mol. The van der Waals surface area contributed by atoms with E-state index in [9.17, 15) is 35.5 Å². The fourth-order valence-corrected chi connectivity index (χ4v) is 4.02. The number of nitrogens with one attached hydrogen (secondary N) is 2. The van der Waals surface area contributed by atoms with E-state index in [1.54, 1.807) is 12.1 Å². The minimum atomic E-state index is -6.22. The molecule has 178 valence electrons. The molecule has 1 aliphatic rings. The first kappa shape index (κ1) is 24.7. The molecule has 0 spiro atoms. The summed E-state index contributed by atoms with van der Waals surface area (Å²) in [5.74, 6) is -0.612. The van der Waals surface area contributed by atoms with Crippen molar-refractivity contribution in [3.8, 4) is 0 Å². The Morgan fingerprint density at radius 1 is 1.00 bits per heavy atom. The minimum absolute atomic E-state index is 0.0309. The van der Waals surface area contributed by atoms with E-state index in [0.29, 0.717) is 30.7 Å². The Morgan fingerprint density at radius 2 is 1.64 bits per heavy atom. The highest BCUT2D eigenvalue weighted by molar-refractivity contribution is 6.07. The zero-order chi connectivity index (χ0) is 24.8.